The first-order valence-electron chi connectivity index (χ1n) is 4.76. The van der Waals surface area contributed by atoms with Crippen molar-refractivity contribution in [3.63, 3.8) is 0 Å². The third kappa shape index (κ3) is 2.60. The van der Waals surface area contributed by atoms with Crippen molar-refractivity contribution in [1.82, 2.24) is 9.55 Å². The van der Waals surface area contributed by atoms with Gasteiger partial charge in [0.2, 0.25) is 0 Å². The van der Waals surface area contributed by atoms with Crippen molar-refractivity contribution in [2.45, 2.75) is 6.54 Å². The molecule has 0 bridgehead atoms. The monoisotopic (exact) mass is 270 g/mol. The van der Waals surface area contributed by atoms with E-state index in [0.29, 0.717) is 21.4 Å². The summed E-state index contributed by atoms with van der Waals surface area (Å²) in [5.41, 5.74) is 0.655. The number of carboxylic acids is 1. The lowest BCUT2D eigenvalue weighted by Crippen LogP contribution is -2.09. The van der Waals surface area contributed by atoms with Gasteiger partial charge in [-0.1, -0.05) is 23.2 Å². The standard InChI is InChI=1S/C11H8Cl2N2O2/c12-7-1-2-8(9(13)5-7)11-14-3-4-15(11)6-10(16)17/h1-5H,6H2,(H,16,17). The third-order valence-electron chi connectivity index (χ3n) is 2.19. The highest BCUT2D eigenvalue weighted by atomic mass is 35.5. The van der Waals surface area contributed by atoms with Gasteiger partial charge in [0.1, 0.15) is 12.4 Å². The minimum atomic E-state index is -0.936. The molecule has 1 aromatic carbocycles. The normalized spacial score (nSPS) is 10.5. The van der Waals surface area contributed by atoms with Gasteiger partial charge in [-0.25, -0.2) is 4.98 Å². The molecule has 1 N–H and O–H groups in total. The van der Waals surface area contributed by atoms with Crippen molar-refractivity contribution in [2.24, 2.45) is 0 Å². The summed E-state index contributed by atoms with van der Waals surface area (Å²) in [4.78, 5) is 14.8. The number of imidazole rings is 1. The van der Waals surface area contributed by atoms with Gasteiger partial charge in [-0.05, 0) is 18.2 Å². The molecular weight excluding hydrogens is 263 g/mol. The van der Waals surface area contributed by atoms with Gasteiger partial charge in [-0.3, -0.25) is 4.79 Å². The van der Waals surface area contributed by atoms with Crippen LogP contribution in [0, 0.1) is 0 Å². The summed E-state index contributed by atoms with van der Waals surface area (Å²) in [6.45, 7) is -0.158. The number of hydrogen-bond donors (Lipinski definition) is 1. The molecule has 1 aromatic heterocycles. The van der Waals surface area contributed by atoms with E-state index in [1.54, 1.807) is 24.4 Å². The van der Waals surface area contributed by atoms with Crippen molar-refractivity contribution in [3.05, 3.63) is 40.6 Å². The van der Waals surface area contributed by atoms with Crippen molar-refractivity contribution in [2.75, 3.05) is 0 Å². The van der Waals surface area contributed by atoms with Crippen LogP contribution in [0.4, 0.5) is 0 Å². The molecule has 2 rings (SSSR count). The second-order valence-corrected chi connectivity index (χ2v) is 4.24. The maximum atomic E-state index is 10.7. The fourth-order valence-electron chi connectivity index (χ4n) is 1.50. The lowest BCUT2D eigenvalue weighted by atomic mass is 10.2. The Balaban J connectivity index is 2.46. The average Bonchev–Trinajstić information content (AvgIpc) is 2.65. The first-order chi connectivity index (χ1) is 8.08. The van der Waals surface area contributed by atoms with Crippen molar-refractivity contribution >= 4 is 29.2 Å². The van der Waals surface area contributed by atoms with Gasteiger partial charge in [0.15, 0.2) is 0 Å². The Morgan fingerprint density at radius 3 is 2.82 bits per heavy atom. The molecule has 0 atom stereocenters. The molecule has 2 aromatic rings. The van der Waals surface area contributed by atoms with E-state index in [-0.39, 0.29) is 6.54 Å². The molecule has 0 radical (unpaired) electrons. The second-order valence-electron chi connectivity index (χ2n) is 3.40. The van der Waals surface area contributed by atoms with Crippen LogP contribution < -0.4 is 0 Å². The Hall–Kier alpha value is -1.52. The van der Waals surface area contributed by atoms with Gasteiger partial charge in [0.25, 0.3) is 0 Å². The van der Waals surface area contributed by atoms with Crippen LogP contribution in [0.1, 0.15) is 0 Å². The predicted molar refractivity (Wildman–Crippen MR) is 65.3 cm³/mol. The van der Waals surface area contributed by atoms with Gasteiger partial charge >= 0.3 is 5.97 Å². The van der Waals surface area contributed by atoms with Crippen LogP contribution in [0.3, 0.4) is 0 Å². The minimum absolute atomic E-state index is 0.158. The number of hydrogen-bond acceptors (Lipinski definition) is 2. The number of nitrogens with zero attached hydrogens (tertiary/aromatic N) is 2. The first kappa shape index (κ1) is 12.0. The maximum Gasteiger partial charge on any atom is 0.323 e. The highest BCUT2D eigenvalue weighted by Crippen LogP contribution is 2.29. The quantitative estimate of drug-likeness (QED) is 0.933. The van der Waals surface area contributed by atoms with E-state index in [1.807, 2.05) is 0 Å². The molecule has 0 amide bonds. The average molecular weight is 271 g/mol. The molecule has 0 spiro atoms. The number of halogens is 2. The summed E-state index contributed by atoms with van der Waals surface area (Å²) < 4.78 is 1.51. The van der Waals surface area contributed by atoms with Crippen LogP contribution in [0.15, 0.2) is 30.6 Å². The molecule has 0 saturated heterocycles. The van der Waals surface area contributed by atoms with E-state index < -0.39 is 5.97 Å². The number of rotatable bonds is 3. The number of aromatic nitrogens is 2. The van der Waals surface area contributed by atoms with E-state index in [0.717, 1.165) is 0 Å². The molecule has 0 aliphatic carbocycles. The molecule has 88 valence electrons. The first-order valence-corrected chi connectivity index (χ1v) is 5.52. The Bertz CT molecular complexity index is 566. The molecule has 4 nitrogen and oxygen atoms in total. The highest BCUT2D eigenvalue weighted by Gasteiger charge is 2.11. The van der Waals surface area contributed by atoms with Crippen LogP contribution in [0.25, 0.3) is 11.4 Å². The topological polar surface area (TPSA) is 55.1 Å². The zero-order chi connectivity index (χ0) is 12.4. The zero-order valence-electron chi connectivity index (χ0n) is 8.60. The van der Waals surface area contributed by atoms with E-state index in [2.05, 4.69) is 4.98 Å². The van der Waals surface area contributed by atoms with Crippen molar-refractivity contribution in [1.29, 1.82) is 0 Å². The molecule has 17 heavy (non-hydrogen) atoms. The predicted octanol–water partition coefficient (Wildman–Crippen LogP) is 2.94. The summed E-state index contributed by atoms with van der Waals surface area (Å²) >= 11 is 11.8. The summed E-state index contributed by atoms with van der Waals surface area (Å²) in [6.07, 6.45) is 3.12. The number of aliphatic carboxylic acids is 1. The SMILES string of the molecule is O=C(O)Cn1ccnc1-c1ccc(Cl)cc1Cl. The van der Waals surface area contributed by atoms with E-state index in [9.17, 15) is 4.79 Å². The molecule has 0 saturated carbocycles. The van der Waals surface area contributed by atoms with Crippen molar-refractivity contribution in [3.8, 4) is 11.4 Å². The van der Waals surface area contributed by atoms with E-state index in [4.69, 9.17) is 28.3 Å². The summed E-state index contributed by atoms with van der Waals surface area (Å²) in [6, 6.07) is 4.99. The summed E-state index contributed by atoms with van der Waals surface area (Å²) in [7, 11) is 0. The third-order valence-corrected chi connectivity index (χ3v) is 2.74. The Morgan fingerprint density at radius 2 is 2.18 bits per heavy atom. The summed E-state index contributed by atoms with van der Waals surface area (Å²) in [5.74, 6) is -0.427. The highest BCUT2D eigenvalue weighted by molar-refractivity contribution is 6.36. The number of carboxylic acid groups (broad SMARTS) is 1. The lowest BCUT2D eigenvalue weighted by Gasteiger charge is -2.07. The van der Waals surface area contributed by atoms with Crippen LogP contribution in [0.5, 0.6) is 0 Å². The number of benzene rings is 1. The lowest BCUT2D eigenvalue weighted by molar-refractivity contribution is -0.137. The smallest absolute Gasteiger partial charge is 0.323 e. The van der Waals surface area contributed by atoms with Crippen LogP contribution in [-0.2, 0) is 11.3 Å². The van der Waals surface area contributed by atoms with E-state index >= 15 is 0 Å². The van der Waals surface area contributed by atoms with E-state index in [1.165, 1.54) is 10.8 Å². The van der Waals surface area contributed by atoms with Gasteiger partial charge in [0, 0.05) is 23.0 Å². The molecular formula is C11H8Cl2N2O2. The zero-order valence-corrected chi connectivity index (χ0v) is 10.1. The Labute approximate surface area is 107 Å². The largest absolute Gasteiger partial charge is 0.480 e. The molecule has 6 heteroatoms. The summed E-state index contributed by atoms with van der Waals surface area (Å²) in [5, 5.41) is 9.73. The molecule has 0 aliphatic heterocycles. The van der Waals surface area contributed by atoms with Gasteiger partial charge in [0.05, 0.1) is 5.02 Å². The van der Waals surface area contributed by atoms with Crippen LogP contribution in [0.2, 0.25) is 10.0 Å². The fraction of sp³-hybridized carbons (Fsp3) is 0.0909. The molecule has 0 unspecified atom stereocenters. The second kappa shape index (κ2) is 4.77. The van der Waals surface area contributed by atoms with Gasteiger partial charge in [-0.2, -0.15) is 0 Å². The van der Waals surface area contributed by atoms with Gasteiger partial charge < -0.3 is 9.67 Å². The fourth-order valence-corrected chi connectivity index (χ4v) is 1.99. The molecule has 0 fully saturated rings. The van der Waals surface area contributed by atoms with Crippen LogP contribution in [-0.4, -0.2) is 20.6 Å². The minimum Gasteiger partial charge on any atom is -0.480 e. The van der Waals surface area contributed by atoms with Crippen LogP contribution >= 0.6 is 23.2 Å². The van der Waals surface area contributed by atoms with Crippen molar-refractivity contribution < 1.29 is 9.90 Å². The Morgan fingerprint density at radius 1 is 1.41 bits per heavy atom. The maximum absolute atomic E-state index is 10.7. The molecule has 0 aliphatic rings. The molecule has 1 heterocycles. The van der Waals surface area contributed by atoms with Gasteiger partial charge in [-0.15, -0.1) is 0 Å². The Kier molecular flexibility index (Phi) is 3.36. The number of carbonyl (C=O) groups is 1.